The van der Waals surface area contributed by atoms with Crippen molar-refractivity contribution in [3.05, 3.63) is 64.9 Å². The predicted molar refractivity (Wildman–Crippen MR) is 95.5 cm³/mol. The van der Waals surface area contributed by atoms with Gasteiger partial charge in [-0.2, -0.15) is 0 Å². The van der Waals surface area contributed by atoms with Crippen LogP contribution in [0.1, 0.15) is 24.0 Å². The molecular formula is C19H22ClN3O. The maximum atomic E-state index is 12.3. The van der Waals surface area contributed by atoms with E-state index < -0.39 is 0 Å². The molecule has 2 aromatic rings. The maximum Gasteiger partial charge on any atom is 0.223 e. The van der Waals surface area contributed by atoms with Crippen molar-refractivity contribution in [2.24, 2.45) is 5.92 Å². The molecule has 0 aliphatic carbocycles. The van der Waals surface area contributed by atoms with E-state index in [1.807, 2.05) is 36.5 Å². The van der Waals surface area contributed by atoms with Crippen LogP contribution in [0.3, 0.4) is 0 Å². The van der Waals surface area contributed by atoms with E-state index in [9.17, 15) is 4.79 Å². The molecule has 1 amide bonds. The van der Waals surface area contributed by atoms with Gasteiger partial charge in [-0.05, 0) is 55.3 Å². The molecule has 0 spiro atoms. The molecule has 1 N–H and O–H groups in total. The molecule has 1 aliphatic rings. The Morgan fingerprint density at radius 2 is 2.00 bits per heavy atom. The van der Waals surface area contributed by atoms with Gasteiger partial charge >= 0.3 is 0 Å². The third-order valence-electron chi connectivity index (χ3n) is 4.44. The molecule has 4 nitrogen and oxygen atoms in total. The molecule has 1 aromatic carbocycles. The quantitative estimate of drug-likeness (QED) is 0.906. The number of hydrogen-bond donors (Lipinski definition) is 1. The van der Waals surface area contributed by atoms with Crippen molar-refractivity contribution in [3.8, 4) is 0 Å². The largest absolute Gasteiger partial charge is 0.352 e. The minimum absolute atomic E-state index is 0.106. The van der Waals surface area contributed by atoms with Crippen LogP contribution in [0, 0.1) is 5.92 Å². The second kappa shape index (κ2) is 8.27. The third-order valence-corrected chi connectivity index (χ3v) is 4.68. The first-order chi connectivity index (χ1) is 11.7. The highest BCUT2D eigenvalue weighted by molar-refractivity contribution is 6.30. The summed E-state index contributed by atoms with van der Waals surface area (Å²) in [6, 6.07) is 11.7. The van der Waals surface area contributed by atoms with Crippen molar-refractivity contribution < 1.29 is 4.79 Å². The average Bonchev–Trinajstić information content (AvgIpc) is 2.61. The number of hydrogen-bond acceptors (Lipinski definition) is 3. The van der Waals surface area contributed by atoms with Crippen LogP contribution in [-0.2, 0) is 17.9 Å². The number of nitrogens with one attached hydrogen (secondary N) is 1. The fraction of sp³-hybridized carbons (Fsp3) is 0.368. The monoisotopic (exact) mass is 343 g/mol. The number of pyridine rings is 1. The second-order valence-electron chi connectivity index (χ2n) is 6.26. The van der Waals surface area contributed by atoms with Crippen LogP contribution in [0.2, 0.25) is 5.02 Å². The number of halogens is 1. The summed E-state index contributed by atoms with van der Waals surface area (Å²) in [5.41, 5.74) is 2.26. The highest BCUT2D eigenvalue weighted by atomic mass is 35.5. The van der Waals surface area contributed by atoms with Crippen molar-refractivity contribution in [3.63, 3.8) is 0 Å². The topological polar surface area (TPSA) is 45.2 Å². The first-order valence-corrected chi connectivity index (χ1v) is 8.72. The van der Waals surface area contributed by atoms with Gasteiger partial charge in [-0.3, -0.25) is 14.7 Å². The molecule has 1 aliphatic heterocycles. The number of aromatic nitrogens is 1. The first-order valence-electron chi connectivity index (χ1n) is 8.34. The summed E-state index contributed by atoms with van der Waals surface area (Å²) >= 11 is 5.97. The minimum atomic E-state index is 0.106. The lowest BCUT2D eigenvalue weighted by atomic mass is 9.95. The maximum absolute atomic E-state index is 12.3. The highest BCUT2D eigenvalue weighted by Crippen LogP contribution is 2.19. The van der Waals surface area contributed by atoms with Gasteiger partial charge in [0.2, 0.25) is 5.91 Å². The molecule has 0 saturated carbocycles. The first kappa shape index (κ1) is 16.9. The zero-order valence-electron chi connectivity index (χ0n) is 13.6. The van der Waals surface area contributed by atoms with Crippen molar-refractivity contribution in [1.82, 2.24) is 15.2 Å². The average molecular weight is 344 g/mol. The fourth-order valence-electron chi connectivity index (χ4n) is 3.08. The molecule has 3 rings (SSSR count). The highest BCUT2D eigenvalue weighted by Gasteiger charge is 2.24. The van der Waals surface area contributed by atoms with E-state index in [1.54, 1.807) is 6.20 Å². The van der Waals surface area contributed by atoms with Crippen LogP contribution in [-0.4, -0.2) is 28.9 Å². The molecule has 24 heavy (non-hydrogen) atoms. The molecule has 0 bridgehead atoms. The molecule has 2 heterocycles. The summed E-state index contributed by atoms with van der Waals surface area (Å²) in [5.74, 6) is 0.255. The molecule has 5 heteroatoms. The van der Waals surface area contributed by atoms with E-state index in [0.717, 1.165) is 38.0 Å². The minimum Gasteiger partial charge on any atom is -0.352 e. The van der Waals surface area contributed by atoms with Gasteiger partial charge in [0.25, 0.3) is 0 Å². The van der Waals surface area contributed by atoms with Crippen LogP contribution in [0.4, 0.5) is 0 Å². The standard InChI is InChI=1S/C19H22ClN3O/c20-18-5-1-3-15(11-18)13-22-19(24)17-6-9-23(10-7-17)14-16-4-2-8-21-12-16/h1-5,8,11-12,17H,6-7,9-10,13-14H2,(H,22,24). The Bertz CT molecular complexity index is 669. The van der Waals surface area contributed by atoms with E-state index in [2.05, 4.69) is 21.3 Å². The van der Waals surface area contributed by atoms with Gasteiger partial charge in [-0.15, -0.1) is 0 Å². The van der Waals surface area contributed by atoms with E-state index in [4.69, 9.17) is 11.6 Å². The molecule has 1 saturated heterocycles. The molecule has 0 atom stereocenters. The number of nitrogens with zero attached hydrogens (tertiary/aromatic N) is 2. The normalized spacial score (nSPS) is 16.0. The van der Waals surface area contributed by atoms with E-state index in [-0.39, 0.29) is 11.8 Å². The Balaban J connectivity index is 1.43. The van der Waals surface area contributed by atoms with Gasteiger partial charge in [0.15, 0.2) is 0 Å². The summed E-state index contributed by atoms with van der Waals surface area (Å²) in [5, 5.41) is 3.73. The third kappa shape index (κ3) is 4.79. The molecule has 1 fully saturated rings. The van der Waals surface area contributed by atoms with Gasteiger partial charge in [-0.1, -0.05) is 29.8 Å². The number of amides is 1. The van der Waals surface area contributed by atoms with E-state index in [0.29, 0.717) is 11.6 Å². The summed E-state index contributed by atoms with van der Waals surface area (Å²) in [4.78, 5) is 18.9. The number of likely N-dealkylation sites (tertiary alicyclic amines) is 1. The van der Waals surface area contributed by atoms with E-state index in [1.165, 1.54) is 5.56 Å². The van der Waals surface area contributed by atoms with Gasteiger partial charge in [-0.25, -0.2) is 0 Å². The smallest absolute Gasteiger partial charge is 0.223 e. The van der Waals surface area contributed by atoms with Crippen molar-refractivity contribution in [2.45, 2.75) is 25.9 Å². The van der Waals surface area contributed by atoms with Crippen LogP contribution < -0.4 is 5.32 Å². The summed E-state index contributed by atoms with van der Waals surface area (Å²) in [7, 11) is 0. The number of carbonyl (C=O) groups excluding carboxylic acids is 1. The zero-order valence-corrected chi connectivity index (χ0v) is 14.4. The van der Waals surface area contributed by atoms with Gasteiger partial charge in [0.1, 0.15) is 0 Å². The molecule has 1 aromatic heterocycles. The van der Waals surface area contributed by atoms with Crippen LogP contribution in [0.5, 0.6) is 0 Å². The zero-order chi connectivity index (χ0) is 16.8. The van der Waals surface area contributed by atoms with Gasteiger partial charge in [0.05, 0.1) is 0 Å². The Morgan fingerprint density at radius 1 is 1.21 bits per heavy atom. The van der Waals surface area contributed by atoms with Crippen molar-refractivity contribution in [2.75, 3.05) is 13.1 Å². The molecular weight excluding hydrogens is 322 g/mol. The van der Waals surface area contributed by atoms with Crippen LogP contribution in [0.25, 0.3) is 0 Å². The van der Waals surface area contributed by atoms with Gasteiger partial charge < -0.3 is 5.32 Å². The lowest BCUT2D eigenvalue weighted by Gasteiger charge is -2.31. The Hall–Kier alpha value is -1.91. The summed E-state index contributed by atoms with van der Waals surface area (Å²) < 4.78 is 0. The number of carbonyl (C=O) groups is 1. The molecule has 0 radical (unpaired) electrons. The number of benzene rings is 1. The lowest BCUT2D eigenvalue weighted by Crippen LogP contribution is -2.40. The van der Waals surface area contributed by atoms with E-state index >= 15 is 0 Å². The van der Waals surface area contributed by atoms with Crippen LogP contribution >= 0.6 is 11.6 Å². The Kier molecular flexibility index (Phi) is 5.83. The van der Waals surface area contributed by atoms with Crippen molar-refractivity contribution >= 4 is 17.5 Å². The summed E-state index contributed by atoms with van der Waals surface area (Å²) in [6.45, 7) is 3.34. The predicted octanol–water partition coefficient (Wildman–Crippen LogP) is 3.26. The number of rotatable bonds is 5. The van der Waals surface area contributed by atoms with Crippen LogP contribution in [0.15, 0.2) is 48.8 Å². The van der Waals surface area contributed by atoms with Crippen molar-refractivity contribution in [1.29, 1.82) is 0 Å². The fourth-order valence-corrected chi connectivity index (χ4v) is 3.30. The summed E-state index contributed by atoms with van der Waals surface area (Å²) in [6.07, 6.45) is 5.51. The number of piperidine rings is 1. The molecule has 126 valence electrons. The second-order valence-corrected chi connectivity index (χ2v) is 6.70. The SMILES string of the molecule is O=C(NCc1cccc(Cl)c1)C1CCN(Cc2cccnc2)CC1. The Labute approximate surface area is 147 Å². The molecule has 0 unspecified atom stereocenters. The lowest BCUT2D eigenvalue weighted by molar-refractivity contribution is -0.126. The van der Waals surface area contributed by atoms with Gasteiger partial charge in [0, 0.05) is 36.4 Å². The Morgan fingerprint density at radius 3 is 2.71 bits per heavy atom.